The maximum absolute atomic E-state index is 5.86. The van der Waals surface area contributed by atoms with E-state index in [4.69, 9.17) is 15.2 Å². The average molecular weight is 337 g/mol. The first-order valence-corrected chi connectivity index (χ1v) is 7.78. The fourth-order valence-electron chi connectivity index (χ4n) is 2.23. The number of hydrogen-bond acceptors (Lipinski definition) is 7. The number of nitrogens with zero attached hydrogens (tertiary/aromatic N) is 4. The largest absolute Gasteiger partial charge is 0.493 e. The number of benzene rings is 2. The van der Waals surface area contributed by atoms with Crippen molar-refractivity contribution in [1.82, 2.24) is 0 Å². The summed E-state index contributed by atoms with van der Waals surface area (Å²) < 4.78 is 11.3. The van der Waals surface area contributed by atoms with Gasteiger partial charge in [0.2, 0.25) is 6.17 Å². The topological polar surface area (TPSA) is 93.9 Å². The van der Waals surface area contributed by atoms with Crippen molar-refractivity contribution in [3.8, 4) is 11.5 Å². The average Bonchev–Trinajstić information content (AvgIpc) is 3.04. The van der Waals surface area contributed by atoms with E-state index in [2.05, 4.69) is 39.5 Å². The van der Waals surface area contributed by atoms with Crippen LogP contribution in [0, 0.1) is 6.92 Å². The predicted octanol–water partition coefficient (Wildman–Crippen LogP) is 3.07. The third-order valence-corrected chi connectivity index (χ3v) is 3.65. The molecule has 0 bridgehead atoms. The monoisotopic (exact) mass is 337 g/mol. The first kappa shape index (κ1) is 16.6. The van der Waals surface area contributed by atoms with Crippen molar-refractivity contribution < 1.29 is 9.47 Å². The number of amidine groups is 1. The van der Waals surface area contributed by atoms with Crippen LogP contribution in [0.5, 0.6) is 11.5 Å². The van der Waals surface area contributed by atoms with Gasteiger partial charge in [0.25, 0.3) is 0 Å². The number of methoxy groups -OCH3 is 1. The van der Waals surface area contributed by atoms with Crippen LogP contribution in [0.4, 0.5) is 0 Å². The number of nitrogens with two attached hydrogens (primary N) is 1. The predicted molar refractivity (Wildman–Crippen MR) is 96.4 cm³/mol. The lowest BCUT2D eigenvalue weighted by molar-refractivity contribution is 0.284. The maximum Gasteiger partial charge on any atom is 0.220 e. The van der Waals surface area contributed by atoms with E-state index in [0.717, 1.165) is 11.1 Å². The third-order valence-electron chi connectivity index (χ3n) is 3.65. The zero-order valence-corrected chi connectivity index (χ0v) is 14.1. The van der Waals surface area contributed by atoms with E-state index in [9.17, 15) is 0 Å². The molecule has 0 radical (unpaired) electrons. The summed E-state index contributed by atoms with van der Waals surface area (Å²) in [6, 6.07) is 13.8. The molecule has 2 aromatic carbocycles. The van der Waals surface area contributed by atoms with Gasteiger partial charge < -0.3 is 15.2 Å². The van der Waals surface area contributed by atoms with Gasteiger partial charge in [-0.1, -0.05) is 29.8 Å². The normalized spacial score (nSPS) is 16.2. The molecular formula is C18H19N5O2. The molecule has 0 saturated carbocycles. The minimum absolute atomic E-state index is 0.279. The molecule has 1 aliphatic heterocycles. The summed E-state index contributed by atoms with van der Waals surface area (Å²) in [7, 11) is 1.60. The van der Waals surface area contributed by atoms with Crippen molar-refractivity contribution >= 4 is 12.1 Å². The first-order valence-electron chi connectivity index (χ1n) is 7.78. The molecule has 1 aliphatic rings. The molecule has 3 rings (SSSR count). The van der Waals surface area contributed by atoms with Crippen molar-refractivity contribution in [2.75, 3.05) is 7.11 Å². The molecule has 7 nitrogen and oxygen atoms in total. The fourth-order valence-corrected chi connectivity index (χ4v) is 2.23. The van der Waals surface area contributed by atoms with Crippen LogP contribution in [0.2, 0.25) is 0 Å². The van der Waals surface area contributed by atoms with Crippen molar-refractivity contribution in [2.45, 2.75) is 19.7 Å². The van der Waals surface area contributed by atoms with E-state index in [-0.39, 0.29) is 5.84 Å². The van der Waals surface area contributed by atoms with Gasteiger partial charge in [0.15, 0.2) is 17.3 Å². The van der Waals surface area contributed by atoms with Crippen LogP contribution in [-0.2, 0) is 6.61 Å². The SMILES string of the molecule is COc1cc(/C=N/C2N=NN=C2N)ccc1OCc1ccc(C)cc1. The molecule has 0 aliphatic carbocycles. The van der Waals surface area contributed by atoms with E-state index in [1.165, 1.54) is 5.56 Å². The van der Waals surface area contributed by atoms with Crippen LogP contribution in [0.3, 0.4) is 0 Å². The molecule has 0 amide bonds. The van der Waals surface area contributed by atoms with Gasteiger partial charge in [0, 0.05) is 6.21 Å². The Kier molecular flexibility index (Phi) is 5.03. The molecule has 1 unspecified atom stereocenters. The van der Waals surface area contributed by atoms with Crippen LogP contribution in [-0.4, -0.2) is 25.3 Å². The van der Waals surface area contributed by atoms with Gasteiger partial charge in [-0.15, -0.1) is 10.2 Å². The number of rotatable bonds is 6. The minimum atomic E-state index is -0.552. The van der Waals surface area contributed by atoms with E-state index in [0.29, 0.717) is 18.1 Å². The van der Waals surface area contributed by atoms with Crippen LogP contribution in [0.1, 0.15) is 16.7 Å². The molecule has 25 heavy (non-hydrogen) atoms. The summed E-state index contributed by atoms with van der Waals surface area (Å²) in [5.74, 6) is 1.58. The van der Waals surface area contributed by atoms with Crippen molar-refractivity contribution in [2.24, 2.45) is 26.2 Å². The fraction of sp³-hybridized carbons (Fsp3) is 0.222. The van der Waals surface area contributed by atoms with Crippen LogP contribution >= 0.6 is 0 Å². The smallest absolute Gasteiger partial charge is 0.220 e. The zero-order valence-electron chi connectivity index (χ0n) is 14.1. The zero-order chi connectivity index (χ0) is 17.6. The van der Waals surface area contributed by atoms with Gasteiger partial charge in [-0.3, -0.25) is 4.99 Å². The van der Waals surface area contributed by atoms with Gasteiger partial charge in [0.1, 0.15) is 6.61 Å². The lowest BCUT2D eigenvalue weighted by Crippen LogP contribution is -2.22. The Morgan fingerprint density at radius 3 is 2.64 bits per heavy atom. The third kappa shape index (κ3) is 4.20. The molecule has 2 N–H and O–H groups in total. The number of ether oxygens (including phenoxy) is 2. The van der Waals surface area contributed by atoms with Gasteiger partial charge in [-0.2, -0.15) is 0 Å². The maximum atomic E-state index is 5.86. The highest BCUT2D eigenvalue weighted by atomic mass is 16.5. The summed E-state index contributed by atoms with van der Waals surface area (Å²) in [4.78, 5) is 4.24. The summed E-state index contributed by atoms with van der Waals surface area (Å²) in [6.45, 7) is 2.53. The molecule has 0 spiro atoms. The van der Waals surface area contributed by atoms with Gasteiger partial charge in [-0.25, -0.2) is 0 Å². The summed E-state index contributed by atoms with van der Waals surface area (Å²) in [5, 5.41) is 10.9. The number of aryl methyl sites for hydroxylation is 1. The lowest BCUT2D eigenvalue weighted by atomic mass is 10.2. The Morgan fingerprint density at radius 2 is 1.96 bits per heavy atom. The molecule has 7 heteroatoms. The highest BCUT2D eigenvalue weighted by Crippen LogP contribution is 2.28. The van der Waals surface area contributed by atoms with Gasteiger partial charge in [0.05, 0.1) is 7.11 Å². The minimum Gasteiger partial charge on any atom is -0.493 e. The van der Waals surface area contributed by atoms with Gasteiger partial charge >= 0.3 is 0 Å². The Morgan fingerprint density at radius 1 is 1.16 bits per heavy atom. The lowest BCUT2D eigenvalue weighted by Gasteiger charge is -2.11. The Labute approximate surface area is 145 Å². The van der Waals surface area contributed by atoms with Crippen LogP contribution in [0.15, 0.2) is 62.9 Å². The highest BCUT2D eigenvalue weighted by molar-refractivity contribution is 5.89. The number of aliphatic imine (C=N–C) groups is 1. The van der Waals surface area contributed by atoms with Crippen molar-refractivity contribution in [3.63, 3.8) is 0 Å². The Bertz CT molecular complexity index is 828. The second kappa shape index (κ2) is 7.57. The van der Waals surface area contributed by atoms with E-state index >= 15 is 0 Å². The second-order valence-electron chi connectivity index (χ2n) is 5.57. The van der Waals surface area contributed by atoms with Crippen LogP contribution < -0.4 is 15.2 Å². The summed E-state index contributed by atoms with van der Waals surface area (Å²) in [6.07, 6.45) is 1.10. The molecule has 0 fully saturated rings. The van der Waals surface area contributed by atoms with E-state index in [1.807, 2.05) is 30.3 Å². The Balaban J connectivity index is 1.69. The van der Waals surface area contributed by atoms with E-state index < -0.39 is 6.17 Å². The molecule has 0 saturated heterocycles. The van der Waals surface area contributed by atoms with Crippen molar-refractivity contribution in [3.05, 3.63) is 59.2 Å². The summed E-state index contributed by atoms with van der Waals surface area (Å²) in [5.41, 5.74) is 8.79. The molecule has 0 aromatic heterocycles. The quantitative estimate of drug-likeness (QED) is 0.821. The standard InChI is InChI=1S/C18H19N5O2/c1-12-3-5-13(6-4-12)11-25-15-8-7-14(9-16(15)24-2)10-20-18-17(19)21-23-22-18/h3-10,18H,11H2,1-2H3,(H2,19,21,22)/b20-10+. The molecule has 2 aromatic rings. The molecule has 128 valence electrons. The highest BCUT2D eigenvalue weighted by Gasteiger charge is 2.14. The molecule has 1 heterocycles. The Hall–Kier alpha value is -3.22. The van der Waals surface area contributed by atoms with Crippen LogP contribution in [0.25, 0.3) is 0 Å². The molecule has 1 atom stereocenters. The summed E-state index contributed by atoms with van der Waals surface area (Å²) >= 11 is 0. The number of hydrogen-bond donors (Lipinski definition) is 1. The molecular weight excluding hydrogens is 318 g/mol. The first-order chi connectivity index (χ1) is 12.2. The van der Waals surface area contributed by atoms with Crippen molar-refractivity contribution in [1.29, 1.82) is 0 Å². The second-order valence-corrected chi connectivity index (χ2v) is 5.57. The van der Waals surface area contributed by atoms with Gasteiger partial charge in [-0.05, 0) is 41.5 Å². The van der Waals surface area contributed by atoms with E-state index in [1.54, 1.807) is 13.3 Å².